The molecule has 1 fully saturated rings. The number of hydrogen-bond acceptors (Lipinski definition) is 4. The number of urea groups is 1. The first kappa shape index (κ1) is 21.8. The maximum absolute atomic E-state index is 13.0. The molecule has 1 heterocycles. The molecular weight excluding hydrogens is 448 g/mol. The lowest BCUT2D eigenvalue weighted by Gasteiger charge is -2.26. The van der Waals surface area contributed by atoms with Crippen LogP contribution in [0.25, 0.3) is 6.08 Å². The van der Waals surface area contributed by atoms with E-state index in [4.69, 9.17) is 4.74 Å². The summed E-state index contributed by atoms with van der Waals surface area (Å²) in [5.41, 5.74) is 0.841. The fourth-order valence-corrected chi connectivity index (χ4v) is 3.48. The summed E-state index contributed by atoms with van der Waals surface area (Å²) in [6.45, 7) is 2.70. The van der Waals surface area contributed by atoms with Gasteiger partial charge in [-0.2, -0.15) is 0 Å². The molecule has 1 aliphatic heterocycles. The molecule has 0 aliphatic carbocycles. The van der Waals surface area contributed by atoms with Gasteiger partial charge in [0.05, 0.1) is 12.3 Å². The zero-order valence-corrected chi connectivity index (χ0v) is 18.3. The normalized spacial score (nSPS) is 15.5. The maximum Gasteiger partial charge on any atom is 0.335 e. The number of para-hydroxylation sites is 1. The molecule has 2 aromatic carbocycles. The Kier molecular flexibility index (Phi) is 7.41. The van der Waals surface area contributed by atoms with Gasteiger partial charge in [-0.3, -0.25) is 14.9 Å². The van der Waals surface area contributed by atoms with Crippen LogP contribution in [0.15, 0.2) is 58.6 Å². The lowest BCUT2D eigenvalue weighted by Crippen LogP contribution is -2.54. The Labute approximate surface area is 184 Å². The fraction of sp³-hybridized carbons (Fsp3) is 0.261. The van der Waals surface area contributed by atoms with Crippen LogP contribution in [0.4, 0.5) is 10.5 Å². The van der Waals surface area contributed by atoms with E-state index in [9.17, 15) is 14.4 Å². The number of hydrogen-bond donors (Lipinski definition) is 1. The van der Waals surface area contributed by atoms with E-state index in [2.05, 4.69) is 28.2 Å². The van der Waals surface area contributed by atoms with Gasteiger partial charge in [0, 0.05) is 10.0 Å². The third-order valence-corrected chi connectivity index (χ3v) is 5.14. The first-order chi connectivity index (χ1) is 14.5. The summed E-state index contributed by atoms with van der Waals surface area (Å²) in [5.74, 6) is -0.833. The number of imide groups is 2. The Balaban J connectivity index is 1.89. The average molecular weight is 471 g/mol. The largest absolute Gasteiger partial charge is 0.493 e. The van der Waals surface area contributed by atoms with Crippen molar-refractivity contribution in [2.75, 3.05) is 11.5 Å². The van der Waals surface area contributed by atoms with E-state index < -0.39 is 17.8 Å². The van der Waals surface area contributed by atoms with Gasteiger partial charge in [0.15, 0.2) is 0 Å². The number of unbranched alkanes of at least 4 members (excludes halogenated alkanes) is 3. The minimum atomic E-state index is -0.769. The third-order valence-electron chi connectivity index (χ3n) is 4.64. The smallest absolute Gasteiger partial charge is 0.335 e. The van der Waals surface area contributed by atoms with Gasteiger partial charge >= 0.3 is 6.03 Å². The predicted molar refractivity (Wildman–Crippen MR) is 119 cm³/mol. The number of ether oxygens (including phenoxy) is 1. The van der Waals surface area contributed by atoms with E-state index in [1.807, 2.05) is 6.07 Å². The number of barbiturate groups is 1. The van der Waals surface area contributed by atoms with Crippen molar-refractivity contribution in [3.05, 3.63) is 64.1 Å². The molecule has 0 bridgehead atoms. The SMILES string of the molecule is CCCCCCOc1ccc(Br)cc1/C=C1/C(=O)NC(=O)N(c2ccccc2)C1=O. The van der Waals surface area contributed by atoms with Crippen LogP contribution in [-0.2, 0) is 9.59 Å². The molecule has 1 saturated heterocycles. The molecule has 0 atom stereocenters. The quantitative estimate of drug-likeness (QED) is 0.331. The van der Waals surface area contributed by atoms with Crippen molar-refractivity contribution in [3.63, 3.8) is 0 Å². The van der Waals surface area contributed by atoms with Crippen LogP contribution in [-0.4, -0.2) is 24.5 Å². The molecule has 1 N–H and O–H groups in total. The monoisotopic (exact) mass is 470 g/mol. The lowest BCUT2D eigenvalue weighted by molar-refractivity contribution is -0.122. The predicted octanol–water partition coefficient (Wildman–Crippen LogP) is 5.07. The van der Waals surface area contributed by atoms with E-state index in [1.54, 1.807) is 42.5 Å². The summed E-state index contributed by atoms with van der Waals surface area (Å²) >= 11 is 3.42. The van der Waals surface area contributed by atoms with E-state index in [1.165, 1.54) is 6.08 Å². The van der Waals surface area contributed by atoms with Crippen molar-refractivity contribution in [1.82, 2.24) is 5.32 Å². The molecule has 0 spiro atoms. The number of amides is 4. The number of halogens is 1. The summed E-state index contributed by atoms with van der Waals surface area (Å²) < 4.78 is 6.68. The Bertz CT molecular complexity index is 972. The molecule has 2 aromatic rings. The number of benzene rings is 2. The molecule has 0 saturated carbocycles. The molecule has 30 heavy (non-hydrogen) atoms. The van der Waals surface area contributed by atoms with Crippen LogP contribution in [0, 0.1) is 0 Å². The van der Waals surface area contributed by atoms with Gasteiger partial charge in [-0.25, -0.2) is 9.69 Å². The second-order valence-corrected chi connectivity index (χ2v) is 7.80. The summed E-state index contributed by atoms with van der Waals surface area (Å²) in [5, 5.41) is 2.24. The van der Waals surface area contributed by atoms with Crippen LogP contribution < -0.4 is 15.0 Å². The van der Waals surface area contributed by atoms with Gasteiger partial charge in [0.1, 0.15) is 11.3 Å². The summed E-state index contributed by atoms with van der Waals surface area (Å²) in [6, 6.07) is 13.1. The molecule has 1 aliphatic rings. The van der Waals surface area contributed by atoms with Gasteiger partial charge in [0.25, 0.3) is 11.8 Å². The number of nitrogens with one attached hydrogen (secondary N) is 1. The molecule has 6 nitrogen and oxygen atoms in total. The zero-order chi connectivity index (χ0) is 21.5. The standard InChI is InChI=1S/C23H23BrN2O4/c1-2-3-4-8-13-30-20-12-11-17(24)14-16(20)15-19-21(27)25-23(29)26(22(19)28)18-9-6-5-7-10-18/h5-7,9-12,14-15H,2-4,8,13H2,1H3,(H,25,27,29)/b19-15-. The zero-order valence-electron chi connectivity index (χ0n) is 16.7. The highest BCUT2D eigenvalue weighted by molar-refractivity contribution is 9.10. The van der Waals surface area contributed by atoms with E-state index in [-0.39, 0.29) is 5.57 Å². The molecule has 3 rings (SSSR count). The Morgan fingerprint density at radius 1 is 1.03 bits per heavy atom. The number of carbonyl (C=O) groups excluding carboxylic acids is 3. The van der Waals surface area contributed by atoms with E-state index in [0.29, 0.717) is 23.6 Å². The Morgan fingerprint density at radius 2 is 1.80 bits per heavy atom. The summed E-state index contributed by atoms with van der Waals surface area (Å²) in [4.78, 5) is 38.7. The molecule has 0 radical (unpaired) electrons. The molecule has 156 valence electrons. The number of anilines is 1. The first-order valence-corrected chi connectivity index (χ1v) is 10.7. The number of carbonyl (C=O) groups is 3. The average Bonchev–Trinajstić information content (AvgIpc) is 2.73. The first-order valence-electron chi connectivity index (χ1n) is 9.90. The fourth-order valence-electron chi connectivity index (χ4n) is 3.10. The van der Waals surface area contributed by atoms with Gasteiger partial charge in [-0.15, -0.1) is 0 Å². The van der Waals surface area contributed by atoms with Crippen molar-refractivity contribution < 1.29 is 19.1 Å². The van der Waals surface area contributed by atoms with Gasteiger partial charge in [-0.1, -0.05) is 60.3 Å². The van der Waals surface area contributed by atoms with Crippen LogP contribution in [0.1, 0.15) is 38.2 Å². The topological polar surface area (TPSA) is 75.7 Å². The van der Waals surface area contributed by atoms with Crippen LogP contribution in [0.2, 0.25) is 0 Å². The Morgan fingerprint density at radius 3 is 2.53 bits per heavy atom. The third kappa shape index (κ3) is 5.16. The molecule has 0 aromatic heterocycles. The highest BCUT2D eigenvalue weighted by atomic mass is 79.9. The van der Waals surface area contributed by atoms with Crippen molar-refractivity contribution >= 4 is 45.5 Å². The minimum absolute atomic E-state index is 0.132. The Hall–Kier alpha value is -2.93. The second-order valence-electron chi connectivity index (χ2n) is 6.88. The molecular formula is C23H23BrN2O4. The highest BCUT2D eigenvalue weighted by Crippen LogP contribution is 2.28. The van der Waals surface area contributed by atoms with E-state index in [0.717, 1.165) is 35.1 Å². The second kappa shape index (κ2) is 10.2. The van der Waals surface area contributed by atoms with Crippen LogP contribution in [0.5, 0.6) is 5.75 Å². The molecule has 4 amide bonds. The number of rotatable bonds is 8. The summed E-state index contributed by atoms with van der Waals surface area (Å²) in [7, 11) is 0. The van der Waals surface area contributed by atoms with Crippen LogP contribution in [0.3, 0.4) is 0 Å². The molecule has 7 heteroatoms. The van der Waals surface area contributed by atoms with Crippen molar-refractivity contribution in [2.24, 2.45) is 0 Å². The lowest BCUT2D eigenvalue weighted by atomic mass is 10.1. The maximum atomic E-state index is 13.0. The van der Waals surface area contributed by atoms with E-state index >= 15 is 0 Å². The van der Waals surface area contributed by atoms with Crippen molar-refractivity contribution in [3.8, 4) is 5.75 Å². The number of nitrogens with zero attached hydrogens (tertiary/aromatic N) is 1. The van der Waals surface area contributed by atoms with Crippen molar-refractivity contribution in [2.45, 2.75) is 32.6 Å². The minimum Gasteiger partial charge on any atom is -0.493 e. The van der Waals surface area contributed by atoms with Crippen LogP contribution >= 0.6 is 15.9 Å². The summed E-state index contributed by atoms with van der Waals surface area (Å²) in [6.07, 6.45) is 5.77. The molecule has 0 unspecified atom stereocenters. The van der Waals surface area contributed by atoms with Crippen molar-refractivity contribution in [1.29, 1.82) is 0 Å². The van der Waals surface area contributed by atoms with Gasteiger partial charge in [0.2, 0.25) is 0 Å². The van der Waals surface area contributed by atoms with Gasteiger partial charge in [-0.05, 0) is 42.8 Å². The highest BCUT2D eigenvalue weighted by Gasteiger charge is 2.36. The van der Waals surface area contributed by atoms with Gasteiger partial charge < -0.3 is 4.74 Å².